The molecule has 0 saturated carbocycles. The van der Waals surface area contributed by atoms with Crippen molar-refractivity contribution in [2.45, 2.75) is 18.9 Å². The Bertz CT molecular complexity index is 295. The predicted octanol–water partition coefficient (Wildman–Crippen LogP) is 0.621. The van der Waals surface area contributed by atoms with Gasteiger partial charge >= 0.3 is 0 Å². The van der Waals surface area contributed by atoms with Gasteiger partial charge in [-0.05, 0) is 18.9 Å². The van der Waals surface area contributed by atoms with Crippen molar-refractivity contribution in [3.05, 3.63) is 28.2 Å². The molecule has 1 fully saturated rings. The van der Waals surface area contributed by atoms with Gasteiger partial charge < -0.3 is 4.74 Å². The van der Waals surface area contributed by atoms with E-state index in [0.717, 1.165) is 25.1 Å². The van der Waals surface area contributed by atoms with E-state index in [1.807, 2.05) is 0 Å². The van der Waals surface area contributed by atoms with Gasteiger partial charge in [-0.25, -0.2) is 5.10 Å². The highest BCUT2D eigenvalue weighted by atomic mass is 16.5. The first-order chi connectivity index (χ1) is 5.86. The van der Waals surface area contributed by atoms with E-state index in [4.69, 9.17) is 4.74 Å². The molecule has 1 aliphatic heterocycles. The summed E-state index contributed by atoms with van der Waals surface area (Å²) in [4.78, 5) is 10.7. The highest BCUT2D eigenvalue weighted by Crippen LogP contribution is 2.25. The molecular formula is C8H10N2O2. The Balaban J connectivity index is 2.22. The van der Waals surface area contributed by atoms with E-state index in [2.05, 4.69) is 10.2 Å². The Morgan fingerprint density at radius 2 is 2.50 bits per heavy atom. The lowest BCUT2D eigenvalue weighted by Gasteiger charge is -2.05. The summed E-state index contributed by atoms with van der Waals surface area (Å²) < 4.78 is 5.39. The lowest BCUT2D eigenvalue weighted by Crippen LogP contribution is -2.09. The van der Waals surface area contributed by atoms with Gasteiger partial charge in [0.2, 0.25) is 0 Å². The fraction of sp³-hybridized carbons (Fsp3) is 0.500. The Morgan fingerprint density at radius 1 is 1.58 bits per heavy atom. The predicted molar refractivity (Wildman–Crippen MR) is 42.8 cm³/mol. The molecule has 0 radical (unpaired) electrons. The average molecular weight is 166 g/mol. The Labute approximate surface area is 69.6 Å². The molecule has 0 aromatic carbocycles. The largest absolute Gasteiger partial charge is 0.372 e. The number of hydrogen-bond donors (Lipinski definition) is 1. The molecule has 1 N–H and O–H groups in total. The van der Waals surface area contributed by atoms with Gasteiger partial charge in [0.05, 0.1) is 5.69 Å². The third-order valence-corrected chi connectivity index (χ3v) is 1.96. The van der Waals surface area contributed by atoms with Crippen molar-refractivity contribution in [2.24, 2.45) is 0 Å². The fourth-order valence-electron chi connectivity index (χ4n) is 1.35. The minimum Gasteiger partial charge on any atom is -0.372 e. The first-order valence-corrected chi connectivity index (χ1v) is 4.03. The quantitative estimate of drug-likeness (QED) is 0.665. The fourth-order valence-corrected chi connectivity index (χ4v) is 1.35. The molecule has 1 unspecified atom stereocenters. The van der Waals surface area contributed by atoms with Gasteiger partial charge in [-0.1, -0.05) is 0 Å². The molecule has 1 aromatic rings. The number of hydrogen-bond acceptors (Lipinski definition) is 3. The van der Waals surface area contributed by atoms with Crippen LogP contribution in [-0.2, 0) is 4.74 Å². The number of nitrogens with zero attached hydrogens (tertiary/aromatic N) is 1. The molecule has 0 aliphatic carbocycles. The molecule has 0 spiro atoms. The molecule has 2 rings (SSSR count). The molecule has 4 nitrogen and oxygen atoms in total. The van der Waals surface area contributed by atoms with Crippen molar-refractivity contribution in [1.82, 2.24) is 10.2 Å². The minimum absolute atomic E-state index is 0.0850. The van der Waals surface area contributed by atoms with Gasteiger partial charge in [-0.15, -0.1) is 0 Å². The maximum Gasteiger partial charge on any atom is 0.264 e. The zero-order chi connectivity index (χ0) is 8.39. The van der Waals surface area contributed by atoms with Gasteiger partial charge in [0.25, 0.3) is 5.56 Å². The molecule has 12 heavy (non-hydrogen) atoms. The van der Waals surface area contributed by atoms with Crippen molar-refractivity contribution in [1.29, 1.82) is 0 Å². The number of H-pyrrole nitrogens is 1. The second-order valence-corrected chi connectivity index (χ2v) is 2.85. The van der Waals surface area contributed by atoms with E-state index in [9.17, 15) is 4.79 Å². The van der Waals surface area contributed by atoms with Gasteiger partial charge in [-0.3, -0.25) is 4.79 Å². The second-order valence-electron chi connectivity index (χ2n) is 2.85. The highest BCUT2D eigenvalue weighted by Gasteiger charge is 2.18. The number of nitrogens with one attached hydrogen (secondary N) is 1. The zero-order valence-corrected chi connectivity index (χ0v) is 6.62. The third-order valence-electron chi connectivity index (χ3n) is 1.96. The van der Waals surface area contributed by atoms with E-state index in [1.165, 1.54) is 6.07 Å². The maximum absolute atomic E-state index is 10.7. The smallest absolute Gasteiger partial charge is 0.264 e. The van der Waals surface area contributed by atoms with Crippen molar-refractivity contribution in [3.8, 4) is 0 Å². The van der Waals surface area contributed by atoms with E-state index >= 15 is 0 Å². The van der Waals surface area contributed by atoms with Crippen molar-refractivity contribution < 1.29 is 4.74 Å². The zero-order valence-electron chi connectivity index (χ0n) is 6.62. The first-order valence-electron chi connectivity index (χ1n) is 4.03. The number of aromatic amines is 1. The summed E-state index contributed by atoms with van der Waals surface area (Å²) in [6.45, 7) is 0.797. The third kappa shape index (κ3) is 1.38. The summed E-state index contributed by atoms with van der Waals surface area (Å²) in [5.41, 5.74) is 0.656. The van der Waals surface area contributed by atoms with E-state index in [-0.39, 0.29) is 11.7 Å². The van der Waals surface area contributed by atoms with Crippen LogP contribution in [0.2, 0.25) is 0 Å². The lowest BCUT2D eigenvalue weighted by atomic mass is 10.2. The summed E-state index contributed by atoms with van der Waals surface area (Å²) in [6.07, 6.45) is 2.16. The van der Waals surface area contributed by atoms with Crippen molar-refractivity contribution >= 4 is 0 Å². The molecule has 0 amide bonds. The number of ether oxygens (including phenoxy) is 1. The second kappa shape index (κ2) is 3.06. The molecule has 1 aliphatic rings. The normalized spacial score (nSPS) is 22.8. The van der Waals surface area contributed by atoms with E-state index < -0.39 is 0 Å². The highest BCUT2D eigenvalue weighted by molar-refractivity contribution is 5.04. The number of rotatable bonds is 1. The molecule has 64 valence electrons. The van der Waals surface area contributed by atoms with Crippen LogP contribution >= 0.6 is 0 Å². The summed E-state index contributed by atoms with van der Waals surface area (Å²) in [6, 6.07) is 3.19. The number of aromatic nitrogens is 2. The van der Waals surface area contributed by atoms with Crippen LogP contribution < -0.4 is 5.56 Å². The van der Waals surface area contributed by atoms with Gasteiger partial charge in [0.1, 0.15) is 6.10 Å². The van der Waals surface area contributed by atoms with E-state index in [0.29, 0.717) is 0 Å². The standard InChI is InChI=1S/C8H10N2O2/c11-8-4-3-6(9-10-8)7-2-1-5-12-7/h3-4,7H,1-2,5H2,(H,10,11). The van der Waals surface area contributed by atoms with Crippen LogP contribution in [0, 0.1) is 0 Å². The van der Waals surface area contributed by atoms with Crippen LogP contribution in [0.15, 0.2) is 16.9 Å². The van der Waals surface area contributed by atoms with E-state index in [1.54, 1.807) is 6.07 Å². The van der Waals surface area contributed by atoms with Crippen LogP contribution in [0.3, 0.4) is 0 Å². The Hall–Kier alpha value is -1.16. The summed E-state index contributed by atoms with van der Waals surface area (Å²) in [7, 11) is 0. The molecule has 1 saturated heterocycles. The first kappa shape index (κ1) is 7.49. The van der Waals surface area contributed by atoms with Crippen LogP contribution in [-0.4, -0.2) is 16.8 Å². The molecule has 1 atom stereocenters. The topological polar surface area (TPSA) is 55.0 Å². The molecule has 4 heteroatoms. The summed E-state index contributed by atoms with van der Waals surface area (Å²) in [5, 5.41) is 6.29. The maximum atomic E-state index is 10.7. The monoisotopic (exact) mass is 166 g/mol. The van der Waals surface area contributed by atoms with Gasteiger partial charge in [0, 0.05) is 12.7 Å². The van der Waals surface area contributed by atoms with Crippen LogP contribution in [0.4, 0.5) is 0 Å². The molecule has 0 bridgehead atoms. The van der Waals surface area contributed by atoms with Gasteiger partial charge in [0.15, 0.2) is 0 Å². The Morgan fingerprint density at radius 3 is 3.08 bits per heavy atom. The molecule has 1 aromatic heterocycles. The molecule has 2 heterocycles. The van der Waals surface area contributed by atoms with Crippen LogP contribution in [0.5, 0.6) is 0 Å². The SMILES string of the molecule is O=c1ccc(C2CCCO2)n[nH]1. The minimum atomic E-state index is -0.170. The van der Waals surface area contributed by atoms with Gasteiger partial charge in [-0.2, -0.15) is 5.10 Å². The lowest BCUT2D eigenvalue weighted by molar-refractivity contribution is 0.108. The van der Waals surface area contributed by atoms with Crippen LogP contribution in [0.25, 0.3) is 0 Å². The summed E-state index contributed by atoms with van der Waals surface area (Å²) in [5.74, 6) is 0. The molecular weight excluding hydrogens is 156 g/mol. The summed E-state index contributed by atoms with van der Waals surface area (Å²) >= 11 is 0. The van der Waals surface area contributed by atoms with Crippen molar-refractivity contribution in [3.63, 3.8) is 0 Å². The van der Waals surface area contributed by atoms with Crippen LogP contribution in [0.1, 0.15) is 24.6 Å². The average Bonchev–Trinajstić information content (AvgIpc) is 2.58. The van der Waals surface area contributed by atoms with Crippen molar-refractivity contribution in [2.75, 3.05) is 6.61 Å². The Kier molecular flexibility index (Phi) is 1.91.